The first-order chi connectivity index (χ1) is 13.1. The Bertz CT molecular complexity index is 1090. The molecule has 2 aromatic carbocycles. The van der Waals surface area contributed by atoms with Crippen molar-refractivity contribution in [3.63, 3.8) is 0 Å². The Balaban J connectivity index is 1.58. The van der Waals surface area contributed by atoms with E-state index in [9.17, 15) is 4.79 Å². The Labute approximate surface area is 163 Å². The SMILES string of the molecule is CCOc1ccc(-c2nnc3sc(NC(=O)c4ccc(Cl)cc4)nn23)cc1. The lowest BCUT2D eigenvalue weighted by Crippen LogP contribution is -2.11. The van der Waals surface area contributed by atoms with E-state index in [-0.39, 0.29) is 5.91 Å². The molecule has 9 heteroatoms. The predicted octanol–water partition coefficient (Wildman–Crippen LogP) is 4.16. The smallest absolute Gasteiger partial charge is 0.257 e. The highest BCUT2D eigenvalue weighted by Crippen LogP contribution is 2.26. The number of nitrogens with one attached hydrogen (secondary N) is 1. The molecular weight excluding hydrogens is 386 g/mol. The van der Waals surface area contributed by atoms with Crippen LogP contribution in [0.4, 0.5) is 5.13 Å². The third kappa shape index (κ3) is 3.62. The number of amides is 1. The van der Waals surface area contributed by atoms with E-state index in [4.69, 9.17) is 16.3 Å². The van der Waals surface area contributed by atoms with Gasteiger partial charge in [-0.2, -0.15) is 4.52 Å². The van der Waals surface area contributed by atoms with E-state index in [1.54, 1.807) is 28.8 Å². The van der Waals surface area contributed by atoms with Crippen LogP contribution in [0.3, 0.4) is 0 Å². The lowest BCUT2D eigenvalue weighted by atomic mass is 10.2. The van der Waals surface area contributed by atoms with Crippen molar-refractivity contribution in [1.82, 2.24) is 19.8 Å². The first kappa shape index (κ1) is 17.4. The van der Waals surface area contributed by atoms with Crippen molar-refractivity contribution in [2.75, 3.05) is 11.9 Å². The molecule has 0 aliphatic heterocycles. The predicted molar refractivity (Wildman–Crippen MR) is 105 cm³/mol. The number of carbonyl (C=O) groups is 1. The number of ether oxygens (including phenoxy) is 1. The quantitative estimate of drug-likeness (QED) is 0.545. The number of aromatic nitrogens is 4. The van der Waals surface area contributed by atoms with Crippen LogP contribution in [0.15, 0.2) is 48.5 Å². The van der Waals surface area contributed by atoms with E-state index in [0.29, 0.717) is 33.1 Å². The van der Waals surface area contributed by atoms with Gasteiger partial charge < -0.3 is 4.74 Å². The van der Waals surface area contributed by atoms with Crippen LogP contribution in [0.25, 0.3) is 16.3 Å². The van der Waals surface area contributed by atoms with Crippen LogP contribution >= 0.6 is 22.9 Å². The zero-order valence-electron chi connectivity index (χ0n) is 14.2. The Hall–Kier alpha value is -2.97. The van der Waals surface area contributed by atoms with E-state index in [2.05, 4.69) is 20.6 Å². The van der Waals surface area contributed by atoms with Gasteiger partial charge >= 0.3 is 0 Å². The summed E-state index contributed by atoms with van der Waals surface area (Å²) >= 11 is 7.10. The molecule has 4 aromatic rings. The number of anilines is 1. The molecule has 2 heterocycles. The van der Waals surface area contributed by atoms with Gasteiger partial charge in [0.05, 0.1) is 6.61 Å². The molecule has 4 rings (SSSR count). The highest BCUT2D eigenvalue weighted by Gasteiger charge is 2.15. The van der Waals surface area contributed by atoms with E-state index >= 15 is 0 Å². The summed E-state index contributed by atoms with van der Waals surface area (Å²) in [6.45, 7) is 2.54. The minimum Gasteiger partial charge on any atom is -0.494 e. The molecule has 0 fully saturated rings. The number of carbonyl (C=O) groups excluding carboxylic acids is 1. The molecule has 0 spiro atoms. The largest absolute Gasteiger partial charge is 0.494 e. The van der Waals surface area contributed by atoms with Gasteiger partial charge in [0.1, 0.15) is 5.75 Å². The molecule has 0 unspecified atom stereocenters. The van der Waals surface area contributed by atoms with Gasteiger partial charge in [-0.05, 0) is 55.5 Å². The Morgan fingerprint density at radius 3 is 2.59 bits per heavy atom. The molecule has 27 heavy (non-hydrogen) atoms. The first-order valence-electron chi connectivity index (χ1n) is 8.16. The Morgan fingerprint density at radius 2 is 1.89 bits per heavy atom. The molecular formula is C18H14ClN5O2S. The molecule has 2 aromatic heterocycles. The van der Waals surface area contributed by atoms with Crippen LogP contribution in [0.2, 0.25) is 5.02 Å². The van der Waals surface area contributed by atoms with Crippen molar-refractivity contribution < 1.29 is 9.53 Å². The summed E-state index contributed by atoms with van der Waals surface area (Å²) in [6.07, 6.45) is 0. The average molecular weight is 400 g/mol. The maximum Gasteiger partial charge on any atom is 0.257 e. The molecule has 0 atom stereocenters. The number of nitrogens with zero attached hydrogens (tertiary/aromatic N) is 4. The number of rotatable bonds is 5. The van der Waals surface area contributed by atoms with Crippen LogP contribution in [0, 0.1) is 0 Å². The standard InChI is InChI=1S/C18H14ClN5O2S/c1-2-26-14-9-5-11(6-10-14)15-21-22-18-24(15)23-17(27-18)20-16(25)12-3-7-13(19)8-4-12/h3-10H,2H2,1H3,(H,20,23,25). The zero-order valence-corrected chi connectivity index (χ0v) is 15.8. The van der Waals surface area contributed by atoms with Crippen molar-refractivity contribution in [2.24, 2.45) is 0 Å². The average Bonchev–Trinajstić information content (AvgIpc) is 3.23. The minimum absolute atomic E-state index is 0.265. The molecule has 7 nitrogen and oxygen atoms in total. The van der Waals surface area contributed by atoms with Crippen LogP contribution in [0.1, 0.15) is 17.3 Å². The molecule has 0 saturated carbocycles. The number of fused-ring (bicyclic) bond motifs is 1. The minimum atomic E-state index is -0.265. The second-order valence-corrected chi connectivity index (χ2v) is 6.94. The molecule has 0 aliphatic rings. The van der Waals surface area contributed by atoms with Crippen LogP contribution < -0.4 is 10.1 Å². The van der Waals surface area contributed by atoms with Crippen LogP contribution in [-0.2, 0) is 0 Å². The lowest BCUT2D eigenvalue weighted by Gasteiger charge is -2.03. The highest BCUT2D eigenvalue weighted by molar-refractivity contribution is 7.20. The third-order valence-corrected chi connectivity index (χ3v) is 4.81. The van der Waals surface area contributed by atoms with Gasteiger partial charge in [0, 0.05) is 16.1 Å². The molecule has 0 saturated heterocycles. The van der Waals surface area contributed by atoms with E-state index < -0.39 is 0 Å². The lowest BCUT2D eigenvalue weighted by molar-refractivity contribution is 0.102. The molecule has 0 bridgehead atoms. The fourth-order valence-corrected chi connectivity index (χ4v) is 3.35. The van der Waals surface area contributed by atoms with Crippen molar-refractivity contribution in [3.8, 4) is 17.1 Å². The number of benzene rings is 2. The van der Waals surface area contributed by atoms with Gasteiger partial charge in [0.2, 0.25) is 10.1 Å². The van der Waals surface area contributed by atoms with Crippen LogP contribution in [0.5, 0.6) is 5.75 Å². The van der Waals surface area contributed by atoms with Crippen molar-refractivity contribution >= 4 is 38.9 Å². The van der Waals surface area contributed by atoms with Gasteiger partial charge in [-0.1, -0.05) is 22.9 Å². The van der Waals surface area contributed by atoms with Gasteiger partial charge in [0.15, 0.2) is 5.82 Å². The fourth-order valence-electron chi connectivity index (χ4n) is 2.48. The second-order valence-electron chi connectivity index (χ2n) is 5.54. The van der Waals surface area contributed by atoms with Gasteiger partial charge in [-0.3, -0.25) is 10.1 Å². The molecule has 0 aliphatic carbocycles. The Morgan fingerprint density at radius 1 is 1.15 bits per heavy atom. The van der Waals surface area contributed by atoms with Gasteiger partial charge in [0.25, 0.3) is 5.91 Å². The van der Waals surface area contributed by atoms with Gasteiger partial charge in [-0.15, -0.1) is 15.3 Å². The maximum atomic E-state index is 12.3. The molecule has 136 valence electrons. The van der Waals surface area contributed by atoms with E-state index in [1.165, 1.54) is 11.3 Å². The summed E-state index contributed by atoms with van der Waals surface area (Å²) in [6, 6.07) is 14.2. The number of hydrogen-bond donors (Lipinski definition) is 1. The molecule has 1 N–H and O–H groups in total. The third-order valence-electron chi connectivity index (χ3n) is 3.74. The summed E-state index contributed by atoms with van der Waals surface area (Å²) in [7, 11) is 0. The monoisotopic (exact) mass is 399 g/mol. The highest BCUT2D eigenvalue weighted by atomic mass is 35.5. The molecule has 1 amide bonds. The van der Waals surface area contributed by atoms with Crippen molar-refractivity contribution in [1.29, 1.82) is 0 Å². The normalized spacial score (nSPS) is 10.9. The summed E-state index contributed by atoms with van der Waals surface area (Å²) in [5.41, 5.74) is 1.35. The summed E-state index contributed by atoms with van der Waals surface area (Å²) in [4.78, 5) is 12.9. The summed E-state index contributed by atoms with van der Waals surface area (Å²) in [5, 5.41) is 16.5. The second kappa shape index (κ2) is 7.34. The van der Waals surface area contributed by atoms with Crippen molar-refractivity contribution in [2.45, 2.75) is 6.92 Å². The number of halogens is 1. The summed E-state index contributed by atoms with van der Waals surface area (Å²) < 4.78 is 7.06. The first-order valence-corrected chi connectivity index (χ1v) is 9.36. The topological polar surface area (TPSA) is 81.4 Å². The van der Waals surface area contributed by atoms with Crippen LogP contribution in [-0.4, -0.2) is 32.3 Å². The summed E-state index contributed by atoms with van der Waals surface area (Å²) in [5.74, 6) is 1.12. The zero-order chi connectivity index (χ0) is 18.8. The van der Waals surface area contributed by atoms with E-state index in [0.717, 1.165) is 11.3 Å². The molecule has 0 radical (unpaired) electrons. The Kier molecular flexibility index (Phi) is 4.74. The van der Waals surface area contributed by atoms with E-state index in [1.807, 2.05) is 31.2 Å². The van der Waals surface area contributed by atoms with Crippen molar-refractivity contribution in [3.05, 3.63) is 59.1 Å². The maximum absolute atomic E-state index is 12.3. The van der Waals surface area contributed by atoms with Gasteiger partial charge in [-0.25, -0.2) is 0 Å². The fraction of sp³-hybridized carbons (Fsp3) is 0.111. The number of hydrogen-bond acceptors (Lipinski definition) is 6.